The van der Waals surface area contributed by atoms with Gasteiger partial charge in [0.25, 0.3) is 0 Å². The largest absolute Gasteiger partial charge is 0.353 e. The summed E-state index contributed by atoms with van der Waals surface area (Å²) in [4.78, 5) is 11.7. The summed E-state index contributed by atoms with van der Waals surface area (Å²) in [5.41, 5.74) is 5.90. The third-order valence-corrected chi connectivity index (χ3v) is 4.78. The number of amides is 1. The monoisotopic (exact) mass is 244 g/mol. The van der Waals surface area contributed by atoms with Gasteiger partial charge in [0, 0.05) is 40.8 Å². The van der Waals surface area contributed by atoms with Crippen LogP contribution in [0.4, 0.5) is 0 Å². The first-order chi connectivity index (χ1) is 7.65. The van der Waals surface area contributed by atoms with Gasteiger partial charge in [-0.15, -0.1) is 0 Å². The summed E-state index contributed by atoms with van der Waals surface area (Å²) in [7, 11) is -0.660. The van der Waals surface area contributed by atoms with Crippen molar-refractivity contribution in [1.82, 2.24) is 5.32 Å². The highest BCUT2D eigenvalue weighted by Gasteiger charge is 2.30. The van der Waals surface area contributed by atoms with Crippen molar-refractivity contribution in [2.45, 2.75) is 44.2 Å². The van der Waals surface area contributed by atoms with Crippen molar-refractivity contribution in [3.8, 4) is 0 Å². The smallest absolute Gasteiger partial charge is 0.221 e. The zero-order chi connectivity index (χ0) is 11.5. The quantitative estimate of drug-likeness (QED) is 0.739. The highest BCUT2D eigenvalue weighted by Crippen LogP contribution is 2.32. The van der Waals surface area contributed by atoms with Gasteiger partial charge in [0.2, 0.25) is 5.91 Å². The third kappa shape index (κ3) is 3.56. The Labute approximate surface area is 98.8 Å². The Morgan fingerprint density at radius 2 is 1.94 bits per heavy atom. The average Bonchev–Trinajstić information content (AvgIpc) is 3.04. The number of hydrogen-bond acceptors (Lipinski definition) is 3. The predicted molar refractivity (Wildman–Crippen MR) is 64.4 cm³/mol. The maximum Gasteiger partial charge on any atom is 0.221 e. The topological polar surface area (TPSA) is 72.2 Å². The van der Waals surface area contributed by atoms with E-state index in [1.165, 1.54) is 12.8 Å². The second-order valence-electron chi connectivity index (χ2n) is 4.90. The molecule has 0 spiro atoms. The fraction of sp³-hybridized carbons (Fsp3) is 0.909. The van der Waals surface area contributed by atoms with Crippen LogP contribution in [0.3, 0.4) is 0 Å². The Morgan fingerprint density at radius 3 is 2.50 bits per heavy atom. The lowest BCUT2D eigenvalue weighted by Crippen LogP contribution is -2.42. The van der Waals surface area contributed by atoms with E-state index in [1.54, 1.807) is 0 Å². The number of carbonyl (C=O) groups is 1. The zero-order valence-electron chi connectivity index (χ0n) is 9.48. The van der Waals surface area contributed by atoms with Gasteiger partial charge in [-0.1, -0.05) is 0 Å². The molecule has 92 valence electrons. The van der Waals surface area contributed by atoms with Crippen LogP contribution < -0.4 is 11.1 Å². The first kappa shape index (κ1) is 12.0. The van der Waals surface area contributed by atoms with E-state index in [0.29, 0.717) is 12.3 Å². The molecule has 16 heavy (non-hydrogen) atoms. The van der Waals surface area contributed by atoms with Crippen LogP contribution in [0.15, 0.2) is 0 Å². The van der Waals surface area contributed by atoms with Crippen LogP contribution in [-0.4, -0.2) is 33.7 Å². The lowest BCUT2D eigenvalue weighted by molar-refractivity contribution is -0.122. The van der Waals surface area contributed by atoms with Gasteiger partial charge >= 0.3 is 0 Å². The standard InChI is InChI=1S/C11H20N2O2S/c12-10(8-1-2-8)7-11(14)13-9-3-5-16(15)6-4-9/h8-10H,1-7,12H2,(H,13,14). The zero-order valence-corrected chi connectivity index (χ0v) is 10.3. The van der Waals surface area contributed by atoms with Crippen LogP contribution in [0.2, 0.25) is 0 Å². The molecular formula is C11H20N2O2S. The van der Waals surface area contributed by atoms with Gasteiger partial charge in [0.15, 0.2) is 0 Å². The van der Waals surface area contributed by atoms with Gasteiger partial charge in [-0.3, -0.25) is 9.00 Å². The van der Waals surface area contributed by atoms with Crippen molar-refractivity contribution < 1.29 is 9.00 Å². The molecule has 3 N–H and O–H groups in total. The molecule has 0 radical (unpaired) electrons. The highest BCUT2D eigenvalue weighted by atomic mass is 32.2. The Morgan fingerprint density at radius 1 is 1.31 bits per heavy atom. The molecule has 1 atom stereocenters. The molecule has 0 aromatic rings. The number of hydrogen-bond donors (Lipinski definition) is 2. The van der Waals surface area contributed by atoms with E-state index < -0.39 is 10.8 Å². The number of nitrogens with two attached hydrogens (primary N) is 1. The van der Waals surface area contributed by atoms with Crippen LogP contribution in [-0.2, 0) is 15.6 Å². The van der Waals surface area contributed by atoms with E-state index in [2.05, 4.69) is 5.32 Å². The third-order valence-electron chi connectivity index (χ3n) is 3.40. The second-order valence-corrected chi connectivity index (χ2v) is 6.59. The Balaban J connectivity index is 1.68. The van der Waals surface area contributed by atoms with E-state index in [0.717, 1.165) is 24.3 Å². The molecule has 1 saturated heterocycles. The first-order valence-electron chi connectivity index (χ1n) is 6.05. The molecule has 1 aliphatic heterocycles. The molecular weight excluding hydrogens is 224 g/mol. The fourth-order valence-corrected chi connectivity index (χ4v) is 3.43. The SMILES string of the molecule is NC(CC(=O)NC1CCS(=O)CC1)C1CC1. The summed E-state index contributed by atoms with van der Waals surface area (Å²) in [5, 5.41) is 3.00. The van der Waals surface area contributed by atoms with Gasteiger partial charge in [0.1, 0.15) is 0 Å². The minimum atomic E-state index is -0.660. The molecule has 2 rings (SSSR count). The summed E-state index contributed by atoms with van der Waals surface area (Å²) in [5.74, 6) is 2.08. The average molecular weight is 244 g/mol. The van der Waals surface area contributed by atoms with Crippen LogP contribution in [0.5, 0.6) is 0 Å². The van der Waals surface area contributed by atoms with Crippen molar-refractivity contribution in [2.75, 3.05) is 11.5 Å². The van der Waals surface area contributed by atoms with Gasteiger partial charge in [-0.2, -0.15) is 0 Å². The van der Waals surface area contributed by atoms with Crippen molar-refractivity contribution in [3.05, 3.63) is 0 Å². The minimum Gasteiger partial charge on any atom is -0.353 e. The Bertz CT molecular complexity index is 282. The number of rotatable bonds is 4. The fourth-order valence-electron chi connectivity index (χ4n) is 2.13. The molecule has 2 fully saturated rings. The number of carbonyl (C=O) groups excluding carboxylic acids is 1. The summed E-state index contributed by atoms with van der Waals surface area (Å²) in [6.45, 7) is 0. The molecule has 2 aliphatic rings. The molecule has 1 saturated carbocycles. The molecule has 4 nitrogen and oxygen atoms in total. The molecule has 5 heteroatoms. The van der Waals surface area contributed by atoms with Crippen molar-refractivity contribution >= 4 is 16.7 Å². The maximum absolute atomic E-state index is 11.7. The lowest BCUT2D eigenvalue weighted by Gasteiger charge is -2.23. The summed E-state index contributed by atoms with van der Waals surface area (Å²) < 4.78 is 11.1. The van der Waals surface area contributed by atoms with E-state index in [4.69, 9.17) is 5.73 Å². The summed E-state index contributed by atoms with van der Waals surface area (Å²) in [6.07, 6.45) is 4.49. The van der Waals surface area contributed by atoms with Crippen LogP contribution in [0, 0.1) is 5.92 Å². The van der Waals surface area contributed by atoms with E-state index in [1.807, 2.05) is 0 Å². The van der Waals surface area contributed by atoms with Gasteiger partial charge in [-0.25, -0.2) is 0 Å². The molecule has 1 heterocycles. The molecule has 1 amide bonds. The second kappa shape index (κ2) is 5.27. The van der Waals surface area contributed by atoms with Crippen molar-refractivity contribution in [2.24, 2.45) is 11.7 Å². The Hall–Kier alpha value is -0.420. The minimum absolute atomic E-state index is 0.0396. The van der Waals surface area contributed by atoms with Crippen molar-refractivity contribution in [3.63, 3.8) is 0 Å². The highest BCUT2D eigenvalue weighted by molar-refractivity contribution is 7.85. The normalized spacial score (nSPS) is 32.1. The van der Waals surface area contributed by atoms with Crippen LogP contribution in [0.25, 0.3) is 0 Å². The van der Waals surface area contributed by atoms with E-state index in [-0.39, 0.29) is 18.0 Å². The maximum atomic E-state index is 11.7. The summed E-state index contributed by atoms with van der Waals surface area (Å²) >= 11 is 0. The first-order valence-corrected chi connectivity index (χ1v) is 7.54. The predicted octanol–water partition coefficient (Wildman–Crippen LogP) is 0.141. The molecule has 0 aromatic heterocycles. The number of nitrogens with one attached hydrogen (secondary N) is 1. The van der Waals surface area contributed by atoms with Crippen molar-refractivity contribution in [1.29, 1.82) is 0 Å². The molecule has 0 bridgehead atoms. The van der Waals surface area contributed by atoms with Gasteiger partial charge < -0.3 is 11.1 Å². The van der Waals surface area contributed by atoms with Crippen LogP contribution >= 0.6 is 0 Å². The molecule has 1 aliphatic carbocycles. The molecule has 0 aromatic carbocycles. The summed E-state index contributed by atoms with van der Waals surface area (Å²) in [6, 6.07) is 0.259. The van der Waals surface area contributed by atoms with Crippen LogP contribution in [0.1, 0.15) is 32.1 Å². The van der Waals surface area contributed by atoms with E-state index in [9.17, 15) is 9.00 Å². The van der Waals surface area contributed by atoms with Gasteiger partial charge in [0.05, 0.1) is 0 Å². The lowest BCUT2D eigenvalue weighted by atomic mass is 10.1. The Kier molecular flexibility index (Phi) is 3.97. The van der Waals surface area contributed by atoms with Gasteiger partial charge in [-0.05, 0) is 31.6 Å². The van der Waals surface area contributed by atoms with E-state index >= 15 is 0 Å². The molecule has 1 unspecified atom stereocenters.